The lowest BCUT2D eigenvalue weighted by Gasteiger charge is -2.41. The second-order valence-electron chi connectivity index (χ2n) is 5.14. The van der Waals surface area contributed by atoms with Crippen LogP contribution in [0.15, 0.2) is 0 Å². The number of carboxylic acids is 1. The average molecular weight is 272 g/mol. The van der Waals surface area contributed by atoms with Gasteiger partial charge in [0.2, 0.25) is 5.91 Å². The highest BCUT2D eigenvalue weighted by Gasteiger charge is 2.42. The van der Waals surface area contributed by atoms with Gasteiger partial charge in [-0.3, -0.25) is 4.79 Å². The molecule has 0 bridgehead atoms. The third-order valence-electron chi connectivity index (χ3n) is 3.77. The van der Waals surface area contributed by atoms with Gasteiger partial charge in [0, 0.05) is 18.1 Å². The van der Waals surface area contributed by atoms with Crippen LogP contribution in [0.4, 0.5) is 0 Å². The molecule has 0 aromatic carbocycles. The van der Waals surface area contributed by atoms with Gasteiger partial charge >= 0.3 is 5.97 Å². The van der Waals surface area contributed by atoms with Crippen molar-refractivity contribution in [1.29, 1.82) is 0 Å². The smallest absolute Gasteiger partial charge is 0.327 e. The first-order valence-corrected chi connectivity index (χ1v) is 7.57. The lowest BCUT2D eigenvalue weighted by Crippen LogP contribution is -2.62. The Morgan fingerprint density at radius 3 is 2.83 bits per heavy atom. The number of carbonyl (C=O) groups is 2. The number of rotatable bonds is 2. The average Bonchev–Trinajstić information content (AvgIpc) is 2.38. The molecule has 0 aliphatic carbocycles. The molecule has 2 rings (SSSR count). The number of carbonyl (C=O) groups excluding carboxylic acids is 1. The fourth-order valence-electron chi connectivity index (χ4n) is 2.61. The Balaban J connectivity index is 2.12. The zero-order valence-corrected chi connectivity index (χ0v) is 11.5. The first-order chi connectivity index (χ1) is 8.54. The van der Waals surface area contributed by atoms with Gasteiger partial charge in [0.05, 0.1) is 5.54 Å². The molecule has 102 valence electrons. The number of carboxylic acid groups (broad SMARTS) is 1. The van der Waals surface area contributed by atoms with Crippen molar-refractivity contribution in [2.24, 2.45) is 0 Å². The number of nitrogens with zero attached hydrogens (tertiary/aromatic N) is 1. The van der Waals surface area contributed by atoms with Crippen molar-refractivity contribution in [3.05, 3.63) is 0 Å². The Morgan fingerprint density at radius 1 is 1.44 bits per heavy atom. The molecule has 0 saturated carbocycles. The summed E-state index contributed by atoms with van der Waals surface area (Å²) in [6, 6.07) is -0.670. The second-order valence-corrected chi connectivity index (χ2v) is 6.29. The fraction of sp³-hybridized carbons (Fsp3) is 0.833. The van der Waals surface area contributed by atoms with Gasteiger partial charge in [0.25, 0.3) is 0 Å². The first-order valence-electron chi connectivity index (χ1n) is 6.41. The van der Waals surface area contributed by atoms with E-state index in [2.05, 4.69) is 5.32 Å². The lowest BCUT2D eigenvalue weighted by atomic mass is 9.89. The molecule has 5 nitrogen and oxygen atoms in total. The van der Waals surface area contributed by atoms with Crippen LogP contribution in [0, 0.1) is 0 Å². The molecule has 1 amide bonds. The Labute approximate surface area is 111 Å². The number of aliphatic carboxylic acids is 1. The molecule has 2 N–H and O–H groups in total. The SMILES string of the molecule is CC1(C(=O)N2CCSCC2C(=O)O)CCCCN1. The molecule has 0 aromatic rings. The quantitative estimate of drug-likeness (QED) is 0.768. The largest absolute Gasteiger partial charge is 0.480 e. The highest BCUT2D eigenvalue weighted by Crippen LogP contribution is 2.25. The lowest BCUT2D eigenvalue weighted by molar-refractivity contribution is -0.152. The molecule has 2 fully saturated rings. The third kappa shape index (κ3) is 2.64. The minimum absolute atomic E-state index is 0.0464. The van der Waals surface area contributed by atoms with Gasteiger partial charge in [-0.2, -0.15) is 11.8 Å². The summed E-state index contributed by atoms with van der Waals surface area (Å²) in [6.45, 7) is 3.27. The fourth-order valence-corrected chi connectivity index (χ4v) is 3.65. The highest BCUT2D eigenvalue weighted by atomic mass is 32.2. The normalized spacial score (nSPS) is 33.2. The first kappa shape index (κ1) is 13.7. The highest BCUT2D eigenvalue weighted by molar-refractivity contribution is 7.99. The standard InChI is InChI=1S/C12H20N2O3S/c1-12(4-2-3-5-13-12)11(17)14-6-7-18-8-9(14)10(15)16/h9,13H,2-8H2,1H3,(H,15,16). The molecule has 18 heavy (non-hydrogen) atoms. The molecular weight excluding hydrogens is 252 g/mol. The minimum Gasteiger partial charge on any atom is -0.480 e. The van der Waals surface area contributed by atoms with Crippen LogP contribution in [0.5, 0.6) is 0 Å². The molecule has 2 saturated heterocycles. The molecule has 0 spiro atoms. The van der Waals surface area contributed by atoms with Crippen LogP contribution in [0.2, 0.25) is 0 Å². The van der Waals surface area contributed by atoms with Crippen LogP contribution in [-0.2, 0) is 9.59 Å². The molecule has 6 heteroatoms. The van der Waals surface area contributed by atoms with Crippen LogP contribution < -0.4 is 5.32 Å². The maximum absolute atomic E-state index is 12.6. The topological polar surface area (TPSA) is 69.6 Å². The van der Waals surface area contributed by atoms with Crippen LogP contribution in [0.3, 0.4) is 0 Å². The van der Waals surface area contributed by atoms with Crippen molar-refractivity contribution < 1.29 is 14.7 Å². The molecule has 2 atom stereocenters. The van der Waals surface area contributed by atoms with Gasteiger partial charge in [-0.05, 0) is 32.7 Å². The number of amides is 1. The van der Waals surface area contributed by atoms with E-state index in [1.165, 1.54) is 0 Å². The summed E-state index contributed by atoms with van der Waals surface area (Å²) in [5.41, 5.74) is -0.575. The number of piperidine rings is 1. The van der Waals surface area contributed by atoms with Crippen LogP contribution in [0.1, 0.15) is 26.2 Å². The number of thioether (sulfide) groups is 1. The molecule has 2 aliphatic rings. The number of nitrogens with one attached hydrogen (secondary N) is 1. The predicted octanol–water partition coefficient (Wildman–Crippen LogP) is 0.547. The summed E-state index contributed by atoms with van der Waals surface area (Å²) in [4.78, 5) is 25.4. The summed E-state index contributed by atoms with van der Waals surface area (Å²) in [6.07, 6.45) is 2.90. The number of hydrogen-bond donors (Lipinski definition) is 2. The summed E-state index contributed by atoms with van der Waals surface area (Å²) in [5, 5.41) is 12.5. The van der Waals surface area contributed by atoms with Crippen LogP contribution in [0.25, 0.3) is 0 Å². The molecular formula is C12H20N2O3S. The van der Waals surface area contributed by atoms with Crippen molar-refractivity contribution in [2.45, 2.75) is 37.8 Å². The van der Waals surface area contributed by atoms with Crippen LogP contribution in [-0.4, -0.2) is 58.1 Å². The van der Waals surface area contributed by atoms with E-state index in [9.17, 15) is 14.7 Å². The molecule has 0 aromatic heterocycles. The second kappa shape index (κ2) is 5.48. The summed E-state index contributed by atoms with van der Waals surface area (Å²) < 4.78 is 0. The summed E-state index contributed by atoms with van der Waals surface area (Å²) in [5.74, 6) is 0.382. The van der Waals surface area contributed by atoms with E-state index in [1.54, 1.807) is 16.7 Å². The molecule has 2 unspecified atom stereocenters. The predicted molar refractivity (Wildman–Crippen MR) is 70.7 cm³/mol. The van der Waals surface area contributed by atoms with Crippen LogP contribution >= 0.6 is 11.8 Å². The van der Waals surface area contributed by atoms with Crippen molar-refractivity contribution in [3.8, 4) is 0 Å². The van der Waals surface area contributed by atoms with E-state index >= 15 is 0 Å². The number of hydrogen-bond acceptors (Lipinski definition) is 4. The maximum atomic E-state index is 12.6. The zero-order valence-electron chi connectivity index (χ0n) is 10.6. The van der Waals surface area contributed by atoms with E-state index in [4.69, 9.17) is 0 Å². The van der Waals surface area contributed by atoms with Gasteiger partial charge in [0.1, 0.15) is 6.04 Å². The molecule has 0 radical (unpaired) electrons. The Morgan fingerprint density at radius 2 is 2.22 bits per heavy atom. The summed E-state index contributed by atoms with van der Waals surface area (Å²) in [7, 11) is 0. The van der Waals surface area contributed by atoms with E-state index in [-0.39, 0.29) is 5.91 Å². The van der Waals surface area contributed by atoms with Crippen molar-refractivity contribution in [3.63, 3.8) is 0 Å². The van der Waals surface area contributed by atoms with Gasteiger partial charge in [-0.25, -0.2) is 4.79 Å². The summed E-state index contributed by atoms with van der Waals surface area (Å²) >= 11 is 1.60. The van der Waals surface area contributed by atoms with E-state index in [1.807, 2.05) is 6.92 Å². The van der Waals surface area contributed by atoms with E-state index in [0.29, 0.717) is 12.3 Å². The molecule has 2 aliphatic heterocycles. The molecule has 2 heterocycles. The Kier molecular flexibility index (Phi) is 4.17. The Bertz CT molecular complexity index is 342. The van der Waals surface area contributed by atoms with Gasteiger partial charge in [-0.15, -0.1) is 0 Å². The van der Waals surface area contributed by atoms with Crippen molar-refractivity contribution >= 4 is 23.6 Å². The van der Waals surface area contributed by atoms with Crippen molar-refractivity contribution in [2.75, 3.05) is 24.6 Å². The Hall–Kier alpha value is -0.750. The van der Waals surface area contributed by atoms with E-state index in [0.717, 1.165) is 31.6 Å². The monoisotopic (exact) mass is 272 g/mol. The maximum Gasteiger partial charge on any atom is 0.327 e. The van der Waals surface area contributed by atoms with Gasteiger partial charge in [-0.1, -0.05) is 0 Å². The van der Waals surface area contributed by atoms with E-state index < -0.39 is 17.6 Å². The van der Waals surface area contributed by atoms with Gasteiger partial charge in [0.15, 0.2) is 0 Å². The third-order valence-corrected chi connectivity index (χ3v) is 4.79. The van der Waals surface area contributed by atoms with Crippen molar-refractivity contribution in [1.82, 2.24) is 10.2 Å². The minimum atomic E-state index is -0.894. The van der Waals surface area contributed by atoms with Gasteiger partial charge < -0.3 is 15.3 Å². The zero-order chi connectivity index (χ0) is 13.2.